The second-order valence-corrected chi connectivity index (χ2v) is 5.57. The maximum atomic E-state index is 11.6. The minimum absolute atomic E-state index is 0.201. The van der Waals surface area contributed by atoms with Crippen molar-refractivity contribution in [3.05, 3.63) is 28.2 Å². The second kappa shape index (κ2) is 7.11. The minimum atomic E-state index is -0.249. The van der Waals surface area contributed by atoms with Crippen LogP contribution < -0.4 is 11.3 Å². The highest BCUT2D eigenvalue weighted by Gasteiger charge is 2.19. The third kappa shape index (κ3) is 4.39. The number of nitrogens with two attached hydrogens (primary N) is 1. The van der Waals surface area contributed by atoms with Crippen molar-refractivity contribution in [3.8, 4) is 0 Å². The summed E-state index contributed by atoms with van der Waals surface area (Å²) < 4.78 is 0. The number of amides is 1. The number of carbonyl (C=O) groups excluding carboxylic acids is 1. The molecule has 1 aromatic rings. The van der Waals surface area contributed by atoms with E-state index in [0.717, 1.165) is 17.7 Å². The van der Waals surface area contributed by atoms with E-state index >= 15 is 0 Å². The minimum Gasteiger partial charge on any atom is -0.293 e. The Balaban J connectivity index is 2.85. The largest absolute Gasteiger partial charge is 0.293 e. The number of halogens is 2. The van der Waals surface area contributed by atoms with Crippen LogP contribution in [0.5, 0.6) is 0 Å². The van der Waals surface area contributed by atoms with Gasteiger partial charge in [0.2, 0.25) is 5.91 Å². The van der Waals surface area contributed by atoms with Gasteiger partial charge >= 0.3 is 0 Å². The predicted octanol–water partition coefficient (Wildman–Crippen LogP) is 3.24. The molecule has 0 spiro atoms. The Bertz CT molecular complexity index is 401. The van der Waals surface area contributed by atoms with Gasteiger partial charge in [0.1, 0.15) is 0 Å². The molecule has 3 nitrogen and oxygen atoms in total. The van der Waals surface area contributed by atoms with Crippen LogP contribution in [0, 0.1) is 0 Å². The average molecular weight is 293 g/mol. The van der Waals surface area contributed by atoms with Crippen LogP contribution in [-0.2, 0) is 4.79 Å². The summed E-state index contributed by atoms with van der Waals surface area (Å²) >= 11 is 13.3. The van der Waals surface area contributed by atoms with E-state index in [1.165, 1.54) is 11.8 Å². The van der Waals surface area contributed by atoms with Crippen molar-refractivity contribution in [2.45, 2.75) is 29.9 Å². The highest BCUT2D eigenvalue weighted by molar-refractivity contribution is 8.00. The first kappa shape index (κ1) is 14.6. The van der Waals surface area contributed by atoms with Gasteiger partial charge in [0.15, 0.2) is 0 Å². The molecule has 1 amide bonds. The molecule has 0 aromatic heterocycles. The maximum Gasteiger partial charge on any atom is 0.247 e. The fourth-order valence-electron chi connectivity index (χ4n) is 1.32. The first-order valence-corrected chi connectivity index (χ1v) is 6.84. The zero-order valence-electron chi connectivity index (χ0n) is 9.37. The molecule has 0 saturated heterocycles. The number of carbonyl (C=O) groups is 1. The summed E-state index contributed by atoms with van der Waals surface area (Å²) in [5, 5.41) is 0.937. The van der Waals surface area contributed by atoms with Crippen LogP contribution in [0.3, 0.4) is 0 Å². The molecule has 6 heteroatoms. The van der Waals surface area contributed by atoms with Crippen LogP contribution in [0.15, 0.2) is 23.1 Å². The van der Waals surface area contributed by atoms with Gasteiger partial charge in [-0.05, 0) is 24.6 Å². The number of hydrazine groups is 1. The Kier molecular flexibility index (Phi) is 6.12. The summed E-state index contributed by atoms with van der Waals surface area (Å²) in [7, 11) is 0. The molecule has 17 heavy (non-hydrogen) atoms. The molecule has 1 unspecified atom stereocenters. The first-order valence-electron chi connectivity index (χ1n) is 5.20. The smallest absolute Gasteiger partial charge is 0.247 e. The van der Waals surface area contributed by atoms with Gasteiger partial charge in [-0.2, -0.15) is 0 Å². The monoisotopic (exact) mass is 292 g/mol. The van der Waals surface area contributed by atoms with E-state index in [0.29, 0.717) is 10.0 Å². The van der Waals surface area contributed by atoms with Crippen molar-refractivity contribution in [2.75, 3.05) is 0 Å². The third-order valence-electron chi connectivity index (χ3n) is 2.15. The zero-order chi connectivity index (χ0) is 12.8. The Hall–Kier alpha value is -0.420. The van der Waals surface area contributed by atoms with Crippen LogP contribution >= 0.6 is 35.0 Å². The molecule has 0 aliphatic carbocycles. The van der Waals surface area contributed by atoms with Crippen LogP contribution in [0.4, 0.5) is 0 Å². The molecule has 0 aliphatic rings. The molecule has 0 saturated carbocycles. The lowest BCUT2D eigenvalue weighted by molar-refractivity contribution is -0.120. The summed E-state index contributed by atoms with van der Waals surface area (Å²) in [5.41, 5.74) is 2.17. The molecule has 0 fully saturated rings. The summed E-state index contributed by atoms with van der Waals surface area (Å²) in [4.78, 5) is 12.4. The highest BCUT2D eigenvalue weighted by atomic mass is 35.5. The molecule has 0 bridgehead atoms. The third-order valence-corrected chi connectivity index (χ3v) is 4.15. The lowest BCUT2D eigenvalue weighted by Gasteiger charge is -2.14. The van der Waals surface area contributed by atoms with Crippen LogP contribution in [0.1, 0.15) is 19.8 Å². The topological polar surface area (TPSA) is 55.1 Å². The highest BCUT2D eigenvalue weighted by Crippen LogP contribution is 2.34. The van der Waals surface area contributed by atoms with E-state index < -0.39 is 0 Å². The number of thioether (sulfide) groups is 1. The predicted molar refractivity (Wildman–Crippen MR) is 73.3 cm³/mol. The summed E-state index contributed by atoms with van der Waals surface area (Å²) in [5.74, 6) is 4.95. The number of nitrogens with one attached hydrogen (secondary N) is 1. The van der Waals surface area contributed by atoms with Crippen LogP contribution in [-0.4, -0.2) is 11.2 Å². The van der Waals surface area contributed by atoms with Crippen LogP contribution in [0.25, 0.3) is 0 Å². The molecule has 0 heterocycles. The maximum absolute atomic E-state index is 11.6. The van der Waals surface area contributed by atoms with Crippen molar-refractivity contribution >= 4 is 40.9 Å². The van der Waals surface area contributed by atoms with Crippen molar-refractivity contribution in [3.63, 3.8) is 0 Å². The summed E-state index contributed by atoms with van der Waals surface area (Å²) in [6, 6.07) is 5.18. The fourth-order valence-corrected chi connectivity index (χ4v) is 3.02. The van der Waals surface area contributed by atoms with Gasteiger partial charge in [0, 0.05) is 9.92 Å². The molecule has 94 valence electrons. The Morgan fingerprint density at radius 3 is 2.82 bits per heavy atom. The van der Waals surface area contributed by atoms with Gasteiger partial charge in [0.25, 0.3) is 0 Å². The lowest BCUT2D eigenvalue weighted by atomic mass is 10.2. The van der Waals surface area contributed by atoms with Crippen molar-refractivity contribution < 1.29 is 4.79 Å². The Labute approximate surface area is 115 Å². The van der Waals surface area contributed by atoms with E-state index in [1.807, 2.05) is 6.92 Å². The van der Waals surface area contributed by atoms with E-state index in [2.05, 4.69) is 5.43 Å². The Morgan fingerprint density at radius 2 is 2.24 bits per heavy atom. The first-order chi connectivity index (χ1) is 8.08. The van der Waals surface area contributed by atoms with Gasteiger partial charge in [0.05, 0.1) is 10.3 Å². The van der Waals surface area contributed by atoms with E-state index in [4.69, 9.17) is 29.0 Å². The van der Waals surface area contributed by atoms with E-state index in [-0.39, 0.29) is 11.2 Å². The SMILES string of the molecule is CCCC(Sc1cc(Cl)ccc1Cl)C(=O)NN. The molecular weight excluding hydrogens is 279 g/mol. The fraction of sp³-hybridized carbons (Fsp3) is 0.364. The molecule has 1 atom stereocenters. The van der Waals surface area contributed by atoms with Gasteiger partial charge in [-0.1, -0.05) is 36.5 Å². The van der Waals surface area contributed by atoms with E-state index in [9.17, 15) is 4.79 Å². The standard InChI is InChI=1S/C11H14Cl2N2OS/c1-2-3-9(11(16)15-14)17-10-6-7(12)4-5-8(10)13/h4-6,9H,2-3,14H2,1H3,(H,15,16). The molecule has 0 aliphatic heterocycles. The number of hydrogen-bond donors (Lipinski definition) is 2. The van der Waals surface area contributed by atoms with Gasteiger partial charge < -0.3 is 0 Å². The number of hydrogen-bond acceptors (Lipinski definition) is 3. The average Bonchev–Trinajstić information content (AvgIpc) is 2.32. The summed E-state index contributed by atoms with van der Waals surface area (Å²) in [6.45, 7) is 2.01. The summed E-state index contributed by atoms with van der Waals surface area (Å²) in [6.07, 6.45) is 1.62. The molecule has 1 rings (SSSR count). The molecule has 0 radical (unpaired) electrons. The van der Waals surface area contributed by atoms with Crippen molar-refractivity contribution in [2.24, 2.45) is 5.84 Å². The molecule has 1 aromatic carbocycles. The second-order valence-electron chi connectivity index (χ2n) is 3.48. The molecule has 3 N–H and O–H groups in total. The van der Waals surface area contributed by atoms with Gasteiger partial charge in [-0.3, -0.25) is 10.2 Å². The Morgan fingerprint density at radius 1 is 1.53 bits per heavy atom. The zero-order valence-corrected chi connectivity index (χ0v) is 11.7. The number of benzene rings is 1. The van der Waals surface area contributed by atoms with Crippen molar-refractivity contribution in [1.82, 2.24) is 5.43 Å². The van der Waals surface area contributed by atoms with Crippen molar-refractivity contribution in [1.29, 1.82) is 0 Å². The quantitative estimate of drug-likeness (QED) is 0.379. The molecular formula is C11H14Cl2N2OS. The normalized spacial score (nSPS) is 12.2. The van der Waals surface area contributed by atoms with Gasteiger partial charge in [-0.15, -0.1) is 11.8 Å². The number of rotatable bonds is 5. The van der Waals surface area contributed by atoms with E-state index in [1.54, 1.807) is 18.2 Å². The lowest BCUT2D eigenvalue weighted by Crippen LogP contribution is -2.37. The van der Waals surface area contributed by atoms with Crippen LogP contribution in [0.2, 0.25) is 10.0 Å². The van der Waals surface area contributed by atoms with Gasteiger partial charge in [-0.25, -0.2) is 5.84 Å².